The number of anilines is 1. The summed E-state index contributed by atoms with van der Waals surface area (Å²) in [5.74, 6) is -0.197. The van der Waals surface area contributed by atoms with Gasteiger partial charge in [-0.1, -0.05) is 6.07 Å². The van der Waals surface area contributed by atoms with Crippen molar-refractivity contribution in [2.75, 3.05) is 12.8 Å². The minimum Gasteiger partial charge on any atom is -0.397 e. The summed E-state index contributed by atoms with van der Waals surface area (Å²) in [6.45, 7) is 0.475. The normalized spacial score (nSPS) is 10.1. The van der Waals surface area contributed by atoms with Crippen molar-refractivity contribution in [2.24, 2.45) is 0 Å². The van der Waals surface area contributed by atoms with Crippen LogP contribution in [-0.4, -0.2) is 27.8 Å². The van der Waals surface area contributed by atoms with Gasteiger partial charge < -0.3 is 10.6 Å². The van der Waals surface area contributed by atoms with Crippen molar-refractivity contribution in [3.8, 4) is 0 Å². The van der Waals surface area contributed by atoms with E-state index in [4.69, 9.17) is 5.73 Å². The van der Waals surface area contributed by atoms with E-state index >= 15 is 0 Å². The number of hydrogen-bond donors (Lipinski definition) is 1. The maximum Gasteiger partial charge on any atom is 0.274 e. The van der Waals surface area contributed by atoms with Gasteiger partial charge in [0.1, 0.15) is 0 Å². The molecule has 18 heavy (non-hydrogen) atoms. The maximum atomic E-state index is 12.1. The number of carbonyl (C=O) groups is 1. The standard InChI is InChI=1S/C13H14N4O/c1-17(9-10-4-2-6-15-8-10)13(18)12-11(14)5-3-7-16-12/h2-8H,9,14H2,1H3. The third-order valence-electron chi connectivity index (χ3n) is 2.53. The molecule has 5 nitrogen and oxygen atoms in total. The van der Waals surface area contributed by atoms with Gasteiger partial charge in [-0.25, -0.2) is 4.98 Å². The minimum atomic E-state index is -0.197. The fraction of sp³-hybridized carbons (Fsp3) is 0.154. The van der Waals surface area contributed by atoms with Gasteiger partial charge in [-0.2, -0.15) is 0 Å². The molecular weight excluding hydrogens is 228 g/mol. The Morgan fingerprint density at radius 1 is 1.33 bits per heavy atom. The Labute approximate surface area is 105 Å². The first kappa shape index (κ1) is 12.0. The summed E-state index contributed by atoms with van der Waals surface area (Å²) in [7, 11) is 1.71. The number of nitrogens with two attached hydrogens (primary N) is 1. The first-order valence-electron chi connectivity index (χ1n) is 5.53. The Hall–Kier alpha value is -2.43. The average Bonchev–Trinajstić information content (AvgIpc) is 2.39. The highest BCUT2D eigenvalue weighted by Crippen LogP contribution is 2.11. The van der Waals surface area contributed by atoms with Crippen LogP contribution in [0.4, 0.5) is 5.69 Å². The second kappa shape index (κ2) is 5.27. The molecule has 2 N–H and O–H groups in total. The highest BCUT2D eigenvalue weighted by atomic mass is 16.2. The number of aromatic nitrogens is 2. The number of rotatable bonds is 3. The van der Waals surface area contributed by atoms with E-state index in [-0.39, 0.29) is 11.6 Å². The zero-order valence-corrected chi connectivity index (χ0v) is 10.1. The van der Waals surface area contributed by atoms with Crippen LogP contribution in [0.25, 0.3) is 0 Å². The highest BCUT2D eigenvalue weighted by Gasteiger charge is 2.15. The van der Waals surface area contributed by atoms with E-state index in [1.165, 1.54) is 0 Å². The van der Waals surface area contributed by atoms with E-state index in [1.54, 1.807) is 42.7 Å². The molecule has 2 aromatic heterocycles. The Morgan fingerprint density at radius 3 is 2.78 bits per heavy atom. The Balaban J connectivity index is 2.13. The van der Waals surface area contributed by atoms with Gasteiger partial charge in [0.15, 0.2) is 5.69 Å². The van der Waals surface area contributed by atoms with Gasteiger partial charge in [-0.15, -0.1) is 0 Å². The van der Waals surface area contributed by atoms with Gasteiger partial charge in [0.2, 0.25) is 0 Å². The van der Waals surface area contributed by atoms with E-state index in [9.17, 15) is 4.79 Å². The summed E-state index contributed by atoms with van der Waals surface area (Å²) in [6, 6.07) is 7.12. The fourth-order valence-corrected chi connectivity index (χ4v) is 1.61. The molecule has 0 atom stereocenters. The lowest BCUT2D eigenvalue weighted by Gasteiger charge is -2.17. The van der Waals surface area contributed by atoms with Crippen molar-refractivity contribution in [1.29, 1.82) is 0 Å². The van der Waals surface area contributed by atoms with Crippen LogP contribution in [0.5, 0.6) is 0 Å². The molecule has 1 amide bonds. The summed E-state index contributed by atoms with van der Waals surface area (Å²) in [5, 5.41) is 0. The second-order valence-corrected chi connectivity index (χ2v) is 3.96. The molecule has 2 rings (SSSR count). The molecule has 0 saturated heterocycles. The lowest BCUT2D eigenvalue weighted by Crippen LogP contribution is -2.27. The third-order valence-corrected chi connectivity index (χ3v) is 2.53. The number of pyridine rings is 2. The van der Waals surface area contributed by atoms with Gasteiger partial charge in [0, 0.05) is 32.2 Å². The summed E-state index contributed by atoms with van der Waals surface area (Å²) in [6.07, 6.45) is 4.98. The molecule has 0 bridgehead atoms. The van der Waals surface area contributed by atoms with E-state index in [2.05, 4.69) is 9.97 Å². The van der Waals surface area contributed by atoms with E-state index in [0.29, 0.717) is 12.2 Å². The first-order valence-corrected chi connectivity index (χ1v) is 5.53. The third kappa shape index (κ3) is 2.63. The molecule has 2 heterocycles. The van der Waals surface area contributed by atoms with Crippen LogP contribution < -0.4 is 5.73 Å². The average molecular weight is 242 g/mol. The van der Waals surface area contributed by atoms with Crippen molar-refractivity contribution in [1.82, 2.24) is 14.9 Å². The van der Waals surface area contributed by atoms with E-state index < -0.39 is 0 Å². The first-order chi connectivity index (χ1) is 8.68. The lowest BCUT2D eigenvalue weighted by atomic mass is 10.2. The van der Waals surface area contributed by atoms with Crippen molar-refractivity contribution in [2.45, 2.75) is 6.54 Å². The van der Waals surface area contributed by atoms with Crippen LogP contribution in [-0.2, 0) is 6.54 Å². The highest BCUT2D eigenvalue weighted by molar-refractivity contribution is 5.96. The fourth-order valence-electron chi connectivity index (χ4n) is 1.61. The van der Waals surface area contributed by atoms with Crippen LogP contribution in [0.3, 0.4) is 0 Å². The zero-order valence-electron chi connectivity index (χ0n) is 10.1. The molecule has 2 aromatic rings. The zero-order chi connectivity index (χ0) is 13.0. The smallest absolute Gasteiger partial charge is 0.274 e. The topological polar surface area (TPSA) is 72.1 Å². The monoisotopic (exact) mass is 242 g/mol. The summed E-state index contributed by atoms with van der Waals surface area (Å²) in [4.78, 5) is 21.7. The van der Waals surface area contributed by atoms with Crippen molar-refractivity contribution < 1.29 is 4.79 Å². The summed E-state index contributed by atoms with van der Waals surface area (Å²) in [5.41, 5.74) is 7.36. The quantitative estimate of drug-likeness (QED) is 0.881. The number of nitrogen functional groups attached to an aromatic ring is 1. The van der Waals surface area contributed by atoms with Gasteiger partial charge in [-0.05, 0) is 23.8 Å². The van der Waals surface area contributed by atoms with E-state index in [1.807, 2.05) is 12.1 Å². The SMILES string of the molecule is CN(Cc1cccnc1)C(=O)c1ncccc1N. The van der Waals surface area contributed by atoms with Crippen LogP contribution in [0.15, 0.2) is 42.9 Å². The molecule has 92 valence electrons. The molecule has 0 fully saturated rings. The van der Waals surface area contributed by atoms with Crippen LogP contribution in [0.2, 0.25) is 0 Å². The molecule has 0 saturated carbocycles. The molecule has 0 aromatic carbocycles. The predicted octanol–water partition coefficient (Wildman–Crippen LogP) is 1.33. The Bertz CT molecular complexity index is 542. The number of carbonyl (C=O) groups excluding carboxylic acids is 1. The van der Waals surface area contributed by atoms with E-state index in [0.717, 1.165) is 5.56 Å². The molecule has 0 spiro atoms. The minimum absolute atomic E-state index is 0.197. The molecule has 0 aliphatic carbocycles. The summed E-state index contributed by atoms with van der Waals surface area (Å²) < 4.78 is 0. The summed E-state index contributed by atoms with van der Waals surface area (Å²) >= 11 is 0. The van der Waals surface area contributed by atoms with Gasteiger partial charge in [0.25, 0.3) is 5.91 Å². The molecular formula is C13H14N4O. The predicted molar refractivity (Wildman–Crippen MR) is 68.7 cm³/mol. The number of amides is 1. The lowest BCUT2D eigenvalue weighted by molar-refractivity contribution is 0.0780. The molecule has 0 aliphatic rings. The number of nitrogens with zero attached hydrogens (tertiary/aromatic N) is 3. The molecule has 0 unspecified atom stereocenters. The number of hydrogen-bond acceptors (Lipinski definition) is 4. The maximum absolute atomic E-state index is 12.1. The van der Waals surface area contributed by atoms with Gasteiger partial charge in [-0.3, -0.25) is 9.78 Å². The Morgan fingerprint density at radius 2 is 2.11 bits per heavy atom. The van der Waals surface area contributed by atoms with Crippen LogP contribution >= 0.6 is 0 Å². The largest absolute Gasteiger partial charge is 0.397 e. The van der Waals surface area contributed by atoms with Crippen molar-refractivity contribution in [3.05, 3.63) is 54.1 Å². The van der Waals surface area contributed by atoms with Crippen molar-refractivity contribution in [3.63, 3.8) is 0 Å². The van der Waals surface area contributed by atoms with Crippen LogP contribution in [0, 0.1) is 0 Å². The molecule has 0 radical (unpaired) electrons. The Kier molecular flexibility index (Phi) is 3.52. The van der Waals surface area contributed by atoms with Gasteiger partial charge in [0.05, 0.1) is 5.69 Å². The van der Waals surface area contributed by atoms with Gasteiger partial charge >= 0.3 is 0 Å². The van der Waals surface area contributed by atoms with Crippen molar-refractivity contribution >= 4 is 11.6 Å². The van der Waals surface area contributed by atoms with Crippen LogP contribution in [0.1, 0.15) is 16.1 Å². The molecule has 0 aliphatic heterocycles. The second-order valence-electron chi connectivity index (χ2n) is 3.96. The molecule has 5 heteroatoms.